The zero-order valence-electron chi connectivity index (χ0n) is 9.20. The molecule has 0 spiro atoms. The number of hydrogen-bond donors (Lipinski definition) is 2. The van der Waals surface area contributed by atoms with E-state index in [0.29, 0.717) is 6.04 Å². The monoisotopic (exact) mass is 225 g/mol. The molecule has 0 saturated heterocycles. The second-order valence-electron chi connectivity index (χ2n) is 4.44. The number of nitrogens with one attached hydrogen (secondary N) is 1. The normalized spacial score (nSPS) is 20.9. The Morgan fingerprint density at radius 2 is 2.40 bits per heavy atom. The van der Waals surface area contributed by atoms with E-state index >= 15 is 0 Å². The van der Waals surface area contributed by atoms with Gasteiger partial charge in [0.05, 0.1) is 5.60 Å². The summed E-state index contributed by atoms with van der Waals surface area (Å²) in [6, 6.07) is 4.66. The Bertz CT molecular complexity index is 293. The lowest BCUT2D eigenvalue weighted by Crippen LogP contribution is -2.46. The van der Waals surface area contributed by atoms with Gasteiger partial charge in [-0.2, -0.15) is 0 Å². The van der Waals surface area contributed by atoms with Gasteiger partial charge < -0.3 is 10.4 Å². The number of rotatable bonds is 5. The van der Waals surface area contributed by atoms with Crippen molar-refractivity contribution in [3.05, 3.63) is 22.4 Å². The van der Waals surface area contributed by atoms with E-state index in [-0.39, 0.29) is 0 Å². The van der Waals surface area contributed by atoms with E-state index in [0.717, 1.165) is 25.8 Å². The zero-order chi connectivity index (χ0) is 10.7. The van der Waals surface area contributed by atoms with Crippen LogP contribution in [0.25, 0.3) is 0 Å². The number of thiophene rings is 1. The molecular formula is C12H19NOS. The largest absolute Gasteiger partial charge is 0.389 e. The van der Waals surface area contributed by atoms with Gasteiger partial charge in [0.2, 0.25) is 0 Å². The van der Waals surface area contributed by atoms with Crippen molar-refractivity contribution in [1.29, 1.82) is 0 Å². The molecule has 0 radical (unpaired) electrons. The first-order chi connectivity index (χ1) is 7.23. The minimum atomic E-state index is -0.412. The first-order valence-corrected chi connectivity index (χ1v) is 6.61. The molecule has 1 fully saturated rings. The smallest absolute Gasteiger partial charge is 0.0771 e. The third-order valence-corrected chi connectivity index (χ3v) is 4.24. The van der Waals surface area contributed by atoms with Gasteiger partial charge in [-0.05, 0) is 37.1 Å². The van der Waals surface area contributed by atoms with Gasteiger partial charge in [-0.25, -0.2) is 0 Å². The highest BCUT2D eigenvalue weighted by Crippen LogP contribution is 2.32. The highest BCUT2D eigenvalue weighted by atomic mass is 32.1. The van der Waals surface area contributed by atoms with Crippen LogP contribution >= 0.6 is 11.3 Å². The van der Waals surface area contributed by atoms with Crippen LogP contribution in [0.15, 0.2) is 17.5 Å². The van der Waals surface area contributed by atoms with Gasteiger partial charge in [0, 0.05) is 17.5 Å². The van der Waals surface area contributed by atoms with Gasteiger partial charge >= 0.3 is 0 Å². The van der Waals surface area contributed by atoms with E-state index in [1.54, 1.807) is 11.3 Å². The molecule has 3 heteroatoms. The van der Waals surface area contributed by atoms with Crippen molar-refractivity contribution >= 4 is 11.3 Å². The van der Waals surface area contributed by atoms with Crippen molar-refractivity contribution in [2.45, 2.75) is 44.2 Å². The third-order valence-electron chi connectivity index (χ3n) is 3.26. The summed E-state index contributed by atoms with van der Waals surface area (Å²) in [4.78, 5) is 1.38. The van der Waals surface area contributed by atoms with Gasteiger partial charge in [0.1, 0.15) is 0 Å². The van der Waals surface area contributed by atoms with Crippen LogP contribution in [0.4, 0.5) is 0 Å². The highest BCUT2D eigenvalue weighted by molar-refractivity contribution is 7.10. The van der Waals surface area contributed by atoms with Crippen LogP contribution < -0.4 is 5.32 Å². The Morgan fingerprint density at radius 3 is 2.87 bits per heavy atom. The molecule has 0 aromatic carbocycles. The molecule has 1 atom stereocenters. The third kappa shape index (κ3) is 2.60. The number of hydrogen-bond acceptors (Lipinski definition) is 3. The van der Waals surface area contributed by atoms with Gasteiger partial charge in [0.25, 0.3) is 0 Å². The molecule has 0 bridgehead atoms. The Kier molecular flexibility index (Phi) is 3.44. The standard InChI is InChI=1S/C12H19NOS/c1-2-10(11-5-3-8-15-11)13-9-12(14)6-4-7-12/h3,5,8,10,13-14H,2,4,6-7,9H2,1H3. The van der Waals surface area contributed by atoms with Crippen LogP contribution in [0, 0.1) is 0 Å². The number of aliphatic hydroxyl groups is 1. The minimum absolute atomic E-state index is 0.412. The lowest BCUT2D eigenvalue weighted by Gasteiger charge is -2.37. The lowest BCUT2D eigenvalue weighted by molar-refractivity contribution is -0.0332. The van der Waals surface area contributed by atoms with E-state index in [1.165, 1.54) is 11.3 Å². The van der Waals surface area contributed by atoms with Crippen LogP contribution in [0.2, 0.25) is 0 Å². The van der Waals surface area contributed by atoms with Crippen LogP contribution in [-0.2, 0) is 0 Å². The van der Waals surface area contributed by atoms with Crippen molar-refractivity contribution in [3.8, 4) is 0 Å². The maximum Gasteiger partial charge on any atom is 0.0771 e. The SMILES string of the molecule is CCC(NCC1(O)CCC1)c1cccs1. The van der Waals surface area contributed by atoms with Crippen LogP contribution in [0.3, 0.4) is 0 Å². The molecule has 1 aliphatic rings. The first-order valence-electron chi connectivity index (χ1n) is 5.73. The molecule has 1 aromatic heterocycles. The van der Waals surface area contributed by atoms with Gasteiger partial charge in [-0.1, -0.05) is 13.0 Å². The predicted octanol–water partition coefficient (Wildman–Crippen LogP) is 2.70. The van der Waals surface area contributed by atoms with Crippen molar-refractivity contribution in [2.75, 3.05) is 6.54 Å². The Hall–Kier alpha value is -0.380. The second-order valence-corrected chi connectivity index (χ2v) is 5.41. The highest BCUT2D eigenvalue weighted by Gasteiger charge is 2.34. The summed E-state index contributed by atoms with van der Waals surface area (Å²) < 4.78 is 0. The molecule has 1 aliphatic carbocycles. The predicted molar refractivity (Wildman–Crippen MR) is 64.2 cm³/mol. The molecule has 0 amide bonds. The molecule has 0 aliphatic heterocycles. The van der Waals surface area contributed by atoms with Crippen molar-refractivity contribution in [3.63, 3.8) is 0 Å². The fourth-order valence-electron chi connectivity index (χ4n) is 2.01. The fourth-order valence-corrected chi connectivity index (χ4v) is 2.90. The summed E-state index contributed by atoms with van der Waals surface area (Å²) in [5, 5.41) is 15.6. The molecule has 2 N–H and O–H groups in total. The average Bonchev–Trinajstić information content (AvgIpc) is 2.69. The summed E-state index contributed by atoms with van der Waals surface area (Å²) in [6.45, 7) is 2.92. The van der Waals surface area contributed by atoms with E-state index < -0.39 is 5.60 Å². The summed E-state index contributed by atoms with van der Waals surface area (Å²) in [5.74, 6) is 0. The summed E-state index contributed by atoms with van der Waals surface area (Å²) in [6.07, 6.45) is 4.17. The summed E-state index contributed by atoms with van der Waals surface area (Å²) >= 11 is 1.79. The average molecular weight is 225 g/mol. The molecule has 1 heterocycles. The molecule has 84 valence electrons. The molecular weight excluding hydrogens is 206 g/mol. The van der Waals surface area contributed by atoms with Crippen LogP contribution in [0.1, 0.15) is 43.5 Å². The Morgan fingerprint density at radius 1 is 1.60 bits per heavy atom. The fraction of sp³-hybridized carbons (Fsp3) is 0.667. The van der Waals surface area contributed by atoms with E-state index in [9.17, 15) is 5.11 Å². The first kappa shape index (κ1) is 11.1. The van der Waals surface area contributed by atoms with Crippen molar-refractivity contribution in [1.82, 2.24) is 5.32 Å². The van der Waals surface area contributed by atoms with E-state index in [2.05, 4.69) is 29.8 Å². The Labute approximate surface area is 95.3 Å². The molecule has 2 nitrogen and oxygen atoms in total. The van der Waals surface area contributed by atoms with Crippen molar-refractivity contribution in [2.24, 2.45) is 0 Å². The van der Waals surface area contributed by atoms with Crippen molar-refractivity contribution < 1.29 is 5.11 Å². The molecule has 1 unspecified atom stereocenters. The Balaban J connectivity index is 1.86. The molecule has 1 aromatic rings. The second kappa shape index (κ2) is 4.64. The summed E-state index contributed by atoms with van der Waals surface area (Å²) in [7, 11) is 0. The molecule has 15 heavy (non-hydrogen) atoms. The zero-order valence-corrected chi connectivity index (χ0v) is 10.0. The quantitative estimate of drug-likeness (QED) is 0.807. The van der Waals surface area contributed by atoms with Crippen LogP contribution in [0.5, 0.6) is 0 Å². The molecule has 1 saturated carbocycles. The van der Waals surface area contributed by atoms with E-state index in [1.807, 2.05) is 0 Å². The van der Waals surface area contributed by atoms with Crippen LogP contribution in [-0.4, -0.2) is 17.3 Å². The van der Waals surface area contributed by atoms with Gasteiger partial charge in [-0.3, -0.25) is 0 Å². The topological polar surface area (TPSA) is 32.3 Å². The minimum Gasteiger partial charge on any atom is -0.389 e. The van der Waals surface area contributed by atoms with Gasteiger partial charge in [-0.15, -0.1) is 11.3 Å². The molecule has 2 rings (SSSR count). The maximum atomic E-state index is 9.99. The lowest BCUT2D eigenvalue weighted by atomic mass is 9.80. The van der Waals surface area contributed by atoms with E-state index in [4.69, 9.17) is 0 Å². The summed E-state index contributed by atoms with van der Waals surface area (Å²) in [5.41, 5.74) is -0.412. The van der Waals surface area contributed by atoms with Gasteiger partial charge in [0.15, 0.2) is 0 Å². The maximum absolute atomic E-state index is 9.99.